The van der Waals surface area contributed by atoms with Gasteiger partial charge in [-0.3, -0.25) is 14.3 Å². The van der Waals surface area contributed by atoms with Gasteiger partial charge in [0, 0.05) is 13.0 Å². The summed E-state index contributed by atoms with van der Waals surface area (Å²) in [6, 6.07) is 6.52. The summed E-state index contributed by atoms with van der Waals surface area (Å²) in [6.45, 7) is 2.29. The SMILES string of the molecule is CCCCn1c(O)c(C2=NNC(c3cccc(O)c3)C2)c(=O)[nH]c1=O. The van der Waals surface area contributed by atoms with Crippen molar-refractivity contribution in [3.63, 3.8) is 0 Å². The summed E-state index contributed by atoms with van der Waals surface area (Å²) in [5.74, 6) is -0.221. The molecule has 8 nitrogen and oxygen atoms in total. The van der Waals surface area contributed by atoms with Crippen molar-refractivity contribution in [1.29, 1.82) is 0 Å². The van der Waals surface area contributed by atoms with Gasteiger partial charge in [0.25, 0.3) is 5.56 Å². The summed E-state index contributed by atoms with van der Waals surface area (Å²) in [7, 11) is 0. The molecule has 1 aromatic carbocycles. The topological polar surface area (TPSA) is 120 Å². The third-order valence-corrected chi connectivity index (χ3v) is 4.22. The van der Waals surface area contributed by atoms with Gasteiger partial charge >= 0.3 is 5.69 Å². The van der Waals surface area contributed by atoms with Crippen molar-refractivity contribution in [3.05, 3.63) is 56.2 Å². The Morgan fingerprint density at radius 2 is 2.12 bits per heavy atom. The van der Waals surface area contributed by atoms with E-state index in [1.165, 1.54) is 0 Å². The Balaban J connectivity index is 1.92. The van der Waals surface area contributed by atoms with E-state index < -0.39 is 11.2 Å². The van der Waals surface area contributed by atoms with Gasteiger partial charge in [0.2, 0.25) is 5.88 Å². The van der Waals surface area contributed by atoms with Crippen LogP contribution in [0.25, 0.3) is 0 Å². The number of aromatic amines is 1. The molecule has 1 atom stereocenters. The number of H-pyrrole nitrogens is 1. The van der Waals surface area contributed by atoms with Crippen LogP contribution in [0.5, 0.6) is 11.6 Å². The first-order valence-electron chi connectivity index (χ1n) is 8.18. The Hall–Kier alpha value is -3.03. The lowest BCUT2D eigenvalue weighted by Gasteiger charge is -2.12. The number of aromatic hydroxyl groups is 2. The number of hydrazone groups is 1. The molecule has 4 N–H and O–H groups in total. The number of unbranched alkanes of at least 4 members (excludes halogenated alkanes) is 1. The number of nitrogens with one attached hydrogen (secondary N) is 2. The van der Waals surface area contributed by atoms with E-state index in [9.17, 15) is 19.8 Å². The smallest absolute Gasteiger partial charge is 0.331 e. The molecule has 25 heavy (non-hydrogen) atoms. The van der Waals surface area contributed by atoms with Crippen LogP contribution in [0.4, 0.5) is 0 Å². The van der Waals surface area contributed by atoms with Gasteiger partial charge in [0.1, 0.15) is 11.3 Å². The van der Waals surface area contributed by atoms with Crippen molar-refractivity contribution in [1.82, 2.24) is 15.0 Å². The lowest BCUT2D eigenvalue weighted by Crippen LogP contribution is -2.33. The largest absolute Gasteiger partial charge is 0.508 e. The Morgan fingerprint density at radius 3 is 2.84 bits per heavy atom. The van der Waals surface area contributed by atoms with Crippen molar-refractivity contribution < 1.29 is 10.2 Å². The van der Waals surface area contributed by atoms with Crippen LogP contribution in [0.2, 0.25) is 0 Å². The molecule has 2 heterocycles. The van der Waals surface area contributed by atoms with E-state index in [1.807, 2.05) is 13.0 Å². The highest BCUT2D eigenvalue weighted by molar-refractivity contribution is 6.03. The lowest BCUT2D eigenvalue weighted by atomic mass is 10.00. The van der Waals surface area contributed by atoms with Gasteiger partial charge in [-0.25, -0.2) is 4.79 Å². The average Bonchev–Trinajstić information content (AvgIpc) is 3.04. The highest BCUT2D eigenvalue weighted by Crippen LogP contribution is 2.27. The van der Waals surface area contributed by atoms with E-state index in [2.05, 4.69) is 15.5 Å². The Kier molecular flexibility index (Phi) is 4.60. The number of nitrogens with zero attached hydrogens (tertiary/aromatic N) is 2. The highest BCUT2D eigenvalue weighted by Gasteiger charge is 2.27. The molecule has 1 aromatic heterocycles. The van der Waals surface area contributed by atoms with E-state index in [0.29, 0.717) is 25.1 Å². The van der Waals surface area contributed by atoms with Gasteiger partial charge in [-0.2, -0.15) is 5.10 Å². The molecule has 1 aliphatic rings. The minimum absolute atomic E-state index is 0.00542. The monoisotopic (exact) mass is 344 g/mol. The third-order valence-electron chi connectivity index (χ3n) is 4.22. The summed E-state index contributed by atoms with van der Waals surface area (Å²) >= 11 is 0. The van der Waals surface area contributed by atoms with E-state index >= 15 is 0 Å². The van der Waals surface area contributed by atoms with Crippen molar-refractivity contribution in [2.75, 3.05) is 0 Å². The van der Waals surface area contributed by atoms with Crippen LogP contribution >= 0.6 is 0 Å². The fourth-order valence-electron chi connectivity index (χ4n) is 2.88. The van der Waals surface area contributed by atoms with Crippen LogP contribution in [-0.2, 0) is 6.54 Å². The fraction of sp³-hybridized carbons (Fsp3) is 0.353. The first-order valence-corrected chi connectivity index (χ1v) is 8.18. The maximum Gasteiger partial charge on any atom is 0.331 e. The number of phenolic OH excluding ortho intramolecular Hbond substituents is 1. The molecule has 3 rings (SSSR count). The van der Waals surface area contributed by atoms with Crippen molar-refractivity contribution in [2.45, 2.75) is 38.8 Å². The molecular weight excluding hydrogens is 324 g/mol. The molecule has 1 aliphatic heterocycles. The third kappa shape index (κ3) is 3.28. The highest BCUT2D eigenvalue weighted by atomic mass is 16.3. The number of rotatable bonds is 5. The van der Waals surface area contributed by atoms with E-state index in [1.54, 1.807) is 18.2 Å². The van der Waals surface area contributed by atoms with Gasteiger partial charge in [0.15, 0.2) is 0 Å². The maximum absolute atomic E-state index is 12.2. The zero-order valence-electron chi connectivity index (χ0n) is 13.8. The van der Waals surface area contributed by atoms with Gasteiger partial charge in [-0.15, -0.1) is 0 Å². The first-order chi connectivity index (χ1) is 12.0. The zero-order valence-corrected chi connectivity index (χ0v) is 13.8. The second kappa shape index (κ2) is 6.84. The number of hydrogen-bond donors (Lipinski definition) is 4. The zero-order chi connectivity index (χ0) is 18.0. The fourth-order valence-corrected chi connectivity index (χ4v) is 2.88. The molecule has 0 bridgehead atoms. The van der Waals surface area contributed by atoms with E-state index in [0.717, 1.165) is 16.6 Å². The summed E-state index contributed by atoms with van der Waals surface area (Å²) in [5, 5.41) is 24.2. The summed E-state index contributed by atoms with van der Waals surface area (Å²) in [5.41, 5.74) is 2.81. The van der Waals surface area contributed by atoms with Crippen LogP contribution in [-0.4, -0.2) is 25.5 Å². The van der Waals surface area contributed by atoms with Crippen LogP contribution in [0.1, 0.15) is 43.4 Å². The molecule has 0 radical (unpaired) electrons. The Morgan fingerprint density at radius 1 is 1.32 bits per heavy atom. The average molecular weight is 344 g/mol. The van der Waals surface area contributed by atoms with Gasteiger partial charge in [-0.05, 0) is 24.1 Å². The minimum Gasteiger partial charge on any atom is -0.508 e. The van der Waals surface area contributed by atoms with Crippen molar-refractivity contribution >= 4 is 5.71 Å². The molecule has 8 heteroatoms. The second-order valence-corrected chi connectivity index (χ2v) is 6.00. The summed E-state index contributed by atoms with van der Waals surface area (Å²) in [4.78, 5) is 26.4. The molecule has 0 spiro atoms. The van der Waals surface area contributed by atoms with Gasteiger partial charge in [0.05, 0.1) is 11.8 Å². The van der Waals surface area contributed by atoms with E-state index in [4.69, 9.17) is 0 Å². The summed E-state index contributed by atoms with van der Waals surface area (Å²) in [6.07, 6.45) is 1.91. The number of aromatic nitrogens is 2. The first kappa shape index (κ1) is 16.8. The second-order valence-electron chi connectivity index (χ2n) is 6.00. The molecule has 132 valence electrons. The van der Waals surface area contributed by atoms with Crippen LogP contribution in [0, 0.1) is 0 Å². The molecule has 0 fully saturated rings. The van der Waals surface area contributed by atoms with E-state index in [-0.39, 0.29) is 23.2 Å². The molecule has 0 amide bonds. The normalized spacial score (nSPS) is 16.5. The molecule has 0 saturated heterocycles. The van der Waals surface area contributed by atoms with Crippen molar-refractivity contribution in [2.24, 2.45) is 5.10 Å². The quantitative estimate of drug-likeness (QED) is 0.649. The molecular formula is C17H20N4O4. The number of hydrogen-bond acceptors (Lipinski definition) is 6. The maximum atomic E-state index is 12.2. The summed E-state index contributed by atoms with van der Waals surface area (Å²) < 4.78 is 1.16. The molecule has 1 unspecified atom stereocenters. The predicted molar refractivity (Wildman–Crippen MR) is 93.0 cm³/mol. The number of benzene rings is 1. The van der Waals surface area contributed by atoms with Crippen LogP contribution in [0.3, 0.4) is 0 Å². The van der Waals surface area contributed by atoms with Crippen molar-refractivity contribution in [3.8, 4) is 11.6 Å². The Labute approximate surface area is 143 Å². The van der Waals surface area contributed by atoms with Crippen LogP contribution < -0.4 is 16.7 Å². The standard InChI is InChI=1S/C17H20N4O4/c1-2-3-7-21-16(24)14(15(23)18-17(21)25)13-9-12(19-20-13)10-5-4-6-11(22)8-10/h4-6,8,12,19,22,24H,2-3,7,9H2,1H3,(H,18,23,25). The van der Waals surface area contributed by atoms with Gasteiger partial charge in [-0.1, -0.05) is 25.5 Å². The molecule has 0 aliphatic carbocycles. The Bertz CT molecular complexity index is 929. The molecule has 2 aromatic rings. The molecule has 0 saturated carbocycles. The minimum atomic E-state index is -0.660. The number of phenols is 1. The lowest BCUT2D eigenvalue weighted by molar-refractivity contribution is 0.394. The van der Waals surface area contributed by atoms with Gasteiger partial charge < -0.3 is 15.6 Å². The predicted octanol–water partition coefficient (Wildman–Crippen LogP) is 1.19. The van der Waals surface area contributed by atoms with Crippen LogP contribution in [0.15, 0.2) is 39.0 Å².